The van der Waals surface area contributed by atoms with E-state index < -0.39 is 0 Å². The second kappa shape index (κ2) is 5.99. The number of nitrogens with one attached hydrogen (secondary N) is 1. The van der Waals surface area contributed by atoms with Gasteiger partial charge in [0.05, 0.1) is 6.10 Å². The van der Waals surface area contributed by atoms with Gasteiger partial charge in [0.1, 0.15) is 0 Å². The summed E-state index contributed by atoms with van der Waals surface area (Å²) in [4.78, 5) is 2.61. The van der Waals surface area contributed by atoms with Gasteiger partial charge in [-0.2, -0.15) is 0 Å². The van der Waals surface area contributed by atoms with Crippen LogP contribution in [-0.2, 0) is 4.74 Å². The lowest BCUT2D eigenvalue weighted by molar-refractivity contribution is 0.0120. The third-order valence-electron chi connectivity index (χ3n) is 4.08. The molecule has 3 nitrogen and oxygen atoms in total. The molecule has 0 saturated carbocycles. The number of ether oxygens (including phenoxy) is 1. The van der Waals surface area contributed by atoms with Crippen molar-refractivity contribution in [1.82, 2.24) is 10.2 Å². The van der Waals surface area contributed by atoms with Crippen LogP contribution < -0.4 is 5.32 Å². The number of rotatable bonds is 4. The molecule has 0 aliphatic carbocycles. The van der Waals surface area contributed by atoms with E-state index in [1.165, 1.54) is 45.4 Å². The topological polar surface area (TPSA) is 24.5 Å². The van der Waals surface area contributed by atoms with Crippen LogP contribution in [0.25, 0.3) is 0 Å². The van der Waals surface area contributed by atoms with Gasteiger partial charge in [-0.15, -0.1) is 0 Å². The molecule has 2 saturated heterocycles. The molecule has 0 aromatic carbocycles. The van der Waals surface area contributed by atoms with Gasteiger partial charge in [-0.05, 0) is 38.6 Å². The summed E-state index contributed by atoms with van der Waals surface area (Å²) < 4.78 is 5.68. The monoisotopic (exact) mass is 226 g/mol. The molecule has 0 aromatic rings. The molecule has 2 heterocycles. The van der Waals surface area contributed by atoms with Gasteiger partial charge >= 0.3 is 0 Å². The first-order valence-electron chi connectivity index (χ1n) is 6.87. The van der Waals surface area contributed by atoms with Gasteiger partial charge in [0, 0.05) is 32.3 Å². The van der Waals surface area contributed by atoms with Gasteiger partial charge in [0.15, 0.2) is 0 Å². The summed E-state index contributed by atoms with van der Waals surface area (Å²) in [6, 6.07) is 0.726. The first-order chi connectivity index (χ1) is 7.79. The summed E-state index contributed by atoms with van der Waals surface area (Å²) in [6.07, 6.45) is 4.31. The zero-order valence-electron chi connectivity index (χ0n) is 10.7. The molecular weight excluding hydrogens is 200 g/mol. The average molecular weight is 226 g/mol. The Labute approximate surface area is 99.5 Å². The molecule has 2 unspecified atom stereocenters. The third kappa shape index (κ3) is 3.19. The summed E-state index contributed by atoms with van der Waals surface area (Å²) in [7, 11) is 0. The molecule has 0 radical (unpaired) electrons. The molecule has 2 aliphatic heterocycles. The Morgan fingerprint density at radius 1 is 1.25 bits per heavy atom. The third-order valence-corrected chi connectivity index (χ3v) is 4.08. The van der Waals surface area contributed by atoms with Gasteiger partial charge in [-0.25, -0.2) is 0 Å². The van der Waals surface area contributed by atoms with E-state index in [2.05, 4.69) is 24.1 Å². The first kappa shape index (κ1) is 12.3. The van der Waals surface area contributed by atoms with Crippen molar-refractivity contribution in [2.24, 2.45) is 5.92 Å². The van der Waals surface area contributed by atoms with E-state index in [9.17, 15) is 0 Å². The fourth-order valence-corrected chi connectivity index (χ4v) is 2.92. The number of hydrogen-bond donors (Lipinski definition) is 1. The van der Waals surface area contributed by atoms with Crippen molar-refractivity contribution in [2.45, 2.75) is 45.3 Å². The van der Waals surface area contributed by atoms with Crippen molar-refractivity contribution < 1.29 is 4.74 Å². The molecule has 0 amide bonds. The van der Waals surface area contributed by atoms with Crippen molar-refractivity contribution in [3.05, 3.63) is 0 Å². The number of likely N-dealkylation sites (tertiary alicyclic amines) is 1. The van der Waals surface area contributed by atoms with Crippen LogP contribution in [0.2, 0.25) is 0 Å². The van der Waals surface area contributed by atoms with Crippen LogP contribution in [0.5, 0.6) is 0 Å². The number of nitrogens with zero attached hydrogens (tertiary/aromatic N) is 1. The highest BCUT2D eigenvalue weighted by Crippen LogP contribution is 2.19. The Kier molecular flexibility index (Phi) is 4.62. The lowest BCUT2D eigenvalue weighted by atomic mass is 10.0. The lowest BCUT2D eigenvalue weighted by Crippen LogP contribution is -2.45. The van der Waals surface area contributed by atoms with E-state index in [-0.39, 0.29) is 0 Å². The molecule has 94 valence electrons. The molecule has 2 aliphatic rings. The summed E-state index contributed by atoms with van der Waals surface area (Å²) in [6.45, 7) is 10.2. The Bertz CT molecular complexity index is 202. The predicted molar refractivity (Wildman–Crippen MR) is 66.7 cm³/mol. The van der Waals surface area contributed by atoms with Crippen LogP contribution >= 0.6 is 0 Å². The Morgan fingerprint density at radius 2 is 2.00 bits per heavy atom. The lowest BCUT2D eigenvalue weighted by Gasteiger charge is -2.34. The van der Waals surface area contributed by atoms with Crippen LogP contribution in [0.4, 0.5) is 0 Å². The molecule has 0 aromatic heterocycles. The molecule has 0 spiro atoms. The van der Waals surface area contributed by atoms with Crippen molar-refractivity contribution in [3.8, 4) is 0 Å². The van der Waals surface area contributed by atoms with Gasteiger partial charge in [0.25, 0.3) is 0 Å². The molecule has 1 N–H and O–H groups in total. The molecule has 2 rings (SSSR count). The van der Waals surface area contributed by atoms with Crippen LogP contribution in [0.15, 0.2) is 0 Å². The summed E-state index contributed by atoms with van der Waals surface area (Å²) in [5, 5.41) is 3.62. The van der Waals surface area contributed by atoms with Crippen LogP contribution in [0, 0.1) is 5.92 Å². The molecule has 16 heavy (non-hydrogen) atoms. The quantitative estimate of drug-likeness (QED) is 0.786. The predicted octanol–water partition coefficient (Wildman–Crippen LogP) is 1.49. The van der Waals surface area contributed by atoms with E-state index in [0.717, 1.165) is 18.6 Å². The van der Waals surface area contributed by atoms with Gasteiger partial charge in [0.2, 0.25) is 0 Å². The van der Waals surface area contributed by atoms with Crippen molar-refractivity contribution in [1.29, 1.82) is 0 Å². The molecule has 2 fully saturated rings. The largest absolute Gasteiger partial charge is 0.378 e. The van der Waals surface area contributed by atoms with Gasteiger partial charge in [-0.3, -0.25) is 0 Å². The summed E-state index contributed by atoms with van der Waals surface area (Å²) >= 11 is 0. The minimum absolute atomic E-state index is 0.523. The minimum atomic E-state index is 0.523. The zero-order chi connectivity index (χ0) is 11.4. The van der Waals surface area contributed by atoms with Crippen molar-refractivity contribution in [3.63, 3.8) is 0 Å². The molecule has 2 atom stereocenters. The van der Waals surface area contributed by atoms with Crippen molar-refractivity contribution >= 4 is 0 Å². The molecule has 3 heteroatoms. The standard InChI is InChI=1S/C13H26N2O/c1-3-16-12-5-8-15(9-6-12)10-13-11(2)4-7-14-13/h11-14H,3-10H2,1-2H3. The summed E-state index contributed by atoms with van der Waals surface area (Å²) in [5.74, 6) is 0.851. The van der Waals surface area contributed by atoms with Crippen LogP contribution in [-0.4, -0.2) is 49.8 Å². The number of hydrogen-bond acceptors (Lipinski definition) is 3. The maximum absolute atomic E-state index is 5.68. The zero-order valence-corrected chi connectivity index (χ0v) is 10.7. The average Bonchev–Trinajstić information content (AvgIpc) is 2.68. The van der Waals surface area contributed by atoms with Crippen LogP contribution in [0.1, 0.15) is 33.1 Å². The van der Waals surface area contributed by atoms with E-state index in [4.69, 9.17) is 4.74 Å². The molecule has 0 bridgehead atoms. The highest BCUT2D eigenvalue weighted by molar-refractivity contribution is 4.85. The maximum Gasteiger partial charge on any atom is 0.0599 e. The SMILES string of the molecule is CCOC1CCN(CC2NCCC2C)CC1. The van der Waals surface area contributed by atoms with E-state index in [0.29, 0.717) is 6.10 Å². The molecular formula is C13H26N2O. The number of piperidine rings is 1. The highest BCUT2D eigenvalue weighted by Gasteiger charge is 2.27. The minimum Gasteiger partial charge on any atom is -0.378 e. The van der Waals surface area contributed by atoms with Gasteiger partial charge < -0.3 is 15.0 Å². The fraction of sp³-hybridized carbons (Fsp3) is 1.00. The highest BCUT2D eigenvalue weighted by atomic mass is 16.5. The fourth-order valence-electron chi connectivity index (χ4n) is 2.92. The second-order valence-corrected chi connectivity index (χ2v) is 5.28. The van der Waals surface area contributed by atoms with Crippen LogP contribution in [0.3, 0.4) is 0 Å². The Balaban J connectivity index is 1.68. The van der Waals surface area contributed by atoms with E-state index in [1.54, 1.807) is 0 Å². The van der Waals surface area contributed by atoms with E-state index >= 15 is 0 Å². The first-order valence-corrected chi connectivity index (χ1v) is 6.87. The smallest absolute Gasteiger partial charge is 0.0599 e. The normalized spacial score (nSPS) is 33.4. The van der Waals surface area contributed by atoms with E-state index in [1.807, 2.05) is 0 Å². The van der Waals surface area contributed by atoms with Crippen molar-refractivity contribution in [2.75, 3.05) is 32.8 Å². The maximum atomic E-state index is 5.68. The second-order valence-electron chi connectivity index (χ2n) is 5.28. The Morgan fingerprint density at radius 3 is 2.56 bits per heavy atom. The Hall–Kier alpha value is -0.120. The van der Waals surface area contributed by atoms with Gasteiger partial charge in [-0.1, -0.05) is 6.92 Å². The summed E-state index contributed by atoms with van der Waals surface area (Å²) in [5.41, 5.74) is 0.